The summed E-state index contributed by atoms with van der Waals surface area (Å²) in [6, 6.07) is 0. The second-order valence-electron chi connectivity index (χ2n) is 10.5. The van der Waals surface area contributed by atoms with Gasteiger partial charge < -0.3 is 10.1 Å². The molecule has 0 spiro atoms. The lowest BCUT2D eigenvalue weighted by Gasteiger charge is -2.07. The summed E-state index contributed by atoms with van der Waals surface area (Å²) < 4.78 is 5.30. The molecule has 204 valence electrons. The first-order chi connectivity index (χ1) is 16.8. The minimum absolute atomic E-state index is 0.225. The molecule has 0 rings (SSSR count). The van der Waals surface area contributed by atoms with Crippen molar-refractivity contribution in [2.45, 2.75) is 181 Å². The zero-order valence-corrected chi connectivity index (χ0v) is 23.6. The number of hydrogen-bond acceptors (Lipinski definition) is 2. The quantitative estimate of drug-likeness (QED) is 0.113. The maximum absolute atomic E-state index is 11.7. The number of carbonyl (C=O) groups excluding carboxylic acids is 1. The molecule has 3 nitrogen and oxygen atoms in total. The number of alkyl carbamates (subject to hydrolysis) is 1. The normalized spacial score (nSPS) is 11.1. The summed E-state index contributed by atoms with van der Waals surface area (Å²) in [6.45, 7) is 5.89. The highest BCUT2D eigenvalue weighted by Crippen LogP contribution is 2.14. The lowest BCUT2D eigenvalue weighted by atomic mass is 10.0. The van der Waals surface area contributed by atoms with E-state index in [0.717, 1.165) is 19.4 Å². The summed E-state index contributed by atoms with van der Waals surface area (Å²) in [5, 5.41) is 2.90. The van der Waals surface area contributed by atoms with Crippen molar-refractivity contribution >= 4 is 6.09 Å². The number of unbranched alkanes of at least 4 members (excludes halogenated alkanes) is 24. The van der Waals surface area contributed by atoms with E-state index in [1.807, 2.05) is 0 Å². The SMILES string of the molecule is CCCCCCCCCCCCCCCCCCOC(=O)NCCCCCCCCCCCC. The maximum atomic E-state index is 11.7. The van der Waals surface area contributed by atoms with Crippen LogP contribution >= 0.6 is 0 Å². The standard InChI is InChI=1S/C31H63NO2/c1-3-5-7-9-11-13-15-16-17-18-19-20-22-24-26-28-30-34-31(33)32-29-27-25-23-21-14-12-10-8-6-4-2/h3-30H2,1-2H3,(H,32,33). The van der Waals surface area contributed by atoms with Gasteiger partial charge in [0.2, 0.25) is 0 Å². The van der Waals surface area contributed by atoms with Gasteiger partial charge in [0, 0.05) is 6.54 Å². The predicted molar refractivity (Wildman–Crippen MR) is 151 cm³/mol. The van der Waals surface area contributed by atoms with Crippen molar-refractivity contribution in [1.82, 2.24) is 5.32 Å². The highest BCUT2D eigenvalue weighted by molar-refractivity contribution is 5.66. The Balaban J connectivity index is 3.13. The zero-order valence-electron chi connectivity index (χ0n) is 23.6. The summed E-state index contributed by atoms with van der Waals surface area (Å²) in [7, 11) is 0. The third kappa shape index (κ3) is 29.3. The Kier molecular flexibility index (Phi) is 29.7. The summed E-state index contributed by atoms with van der Waals surface area (Å²) in [5.74, 6) is 0. The van der Waals surface area contributed by atoms with Crippen molar-refractivity contribution < 1.29 is 9.53 Å². The molecule has 0 unspecified atom stereocenters. The molecule has 0 aromatic rings. The van der Waals surface area contributed by atoms with Gasteiger partial charge in [-0.25, -0.2) is 4.79 Å². The van der Waals surface area contributed by atoms with Crippen LogP contribution in [0.2, 0.25) is 0 Å². The number of hydrogen-bond donors (Lipinski definition) is 1. The molecule has 1 N–H and O–H groups in total. The molecule has 0 aromatic heterocycles. The monoisotopic (exact) mass is 481 g/mol. The van der Waals surface area contributed by atoms with Gasteiger partial charge in [0.1, 0.15) is 0 Å². The average Bonchev–Trinajstić information content (AvgIpc) is 2.84. The molecule has 0 aliphatic heterocycles. The van der Waals surface area contributed by atoms with Crippen LogP contribution in [0.5, 0.6) is 0 Å². The summed E-state index contributed by atoms with van der Waals surface area (Å²) >= 11 is 0. The first-order valence-electron chi connectivity index (χ1n) is 15.7. The lowest BCUT2D eigenvalue weighted by molar-refractivity contribution is 0.143. The van der Waals surface area contributed by atoms with Crippen LogP contribution in [0, 0.1) is 0 Å². The van der Waals surface area contributed by atoms with Gasteiger partial charge in [0.25, 0.3) is 0 Å². The predicted octanol–water partition coefficient (Wildman–Crippen LogP) is 10.9. The smallest absolute Gasteiger partial charge is 0.407 e. The summed E-state index contributed by atoms with van der Waals surface area (Å²) in [5.41, 5.74) is 0. The average molecular weight is 482 g/mol. The van der Waals surface area contributed by atoms with Crippen molar-refractivity contribution in [3.63, 3.8) is 0 Å². The maximum Gasteiger partial charge on any atom is 0.407 e. The van der Waals surface area contributed by atoms with Crippen LogP contribution in [-0.2, 0) is 4.74 Å². The molecule has 0 heterocycles. The van der Waals surface area contributed by atoms with E-state index in [-0.39, 0.29) is 6.09 Å². The van der Waals surface area contributed by atoms with E-state index in [1.165, 1.54) is 154 Å². The summed E-state index contributed by atoms with van der Waals surface area (Å²) in [4.78, 5) is 11.7. The first kappa shape index (κ1) is 33.3. The van der Waals surface area contributed by atoms with E-state index in [2.05, 4.69) is 19.2 Å². The molecular weight excluding hydrogens is 418 g/mol. The minimum atomic E-state index is -0.225. The number of carbonyl (C=O) groups is 1. The van der Waals surface area contributed by atoms with Crippen molar-refractivity contribution in [3.8, 4) is 0 Å². The fourth-order valence-corrected chi connectivity index (χ4v) is 4.67. The molecule has 0 bridgehead atoms. The second-order valence-corrected chi connectivity index (χ2v) is 10.5. The number of amides is 1. The molecule has 0 saturated heterocycles. The third-order valence-electron chi connectivity index (χ3n) is 7.03. The van der Waals surface area contributed by atoms with Gasteiger partial charge in [0.15, 0.2) is 0 Å². The largest absolute Gasteiger partial charge is 0.450 e. The van der Waals surface area contributed by atoms with Gasteiger partial charge in [-0.3, -0.25) is 0 Å². The van der Waals surface area contributed by atoms with Gasteiger partial charge >= 0.3 is 6.09 Å². The molecule has 0 aliphatic carbocycles. The molecular formula is C31H63NO2. The van der Waals surface area contributed by atoms with Crippen LogP contribution in [-0.4, -0.2) is 19.2 Å². The third-order valence-corrected chi connectivity index (χ3v) is 7.03. The van der Waals surface area contributed by atoms with E-state index >= 15 is 0 Å². The number of ether oxygens (including phenoxy) is 1. The Morgan fingerprint density at radius 2 is 0.735 bits per heavy atom. The highest BCUT2D eigenvalue weighted by atomic mass is 16.5. The summed E-state index contributed by atoms with van der Waals surface area (Å²) in [6.07, 6.45) is 34.8. The van der Waals surface area contributed by atoms with Crippen LogP contribution in [0.3, 0.4) is 0 Å². The van der Waals surface area contributed by atoms with Crippen LogP contribution < -0.4 is 5.32 Å². The van der Waals surface area contributed by atoms with E-state index in [9.17, 15) is 4.79 Å². The van der Waals surface area contributed by atoms with Gasteiger partial charge in [-0.1, -0.05) is 168 Å². The van der Waals surface area contributed by atoms with Crippen molar-refractivity contribution in [1.29, 1.82) is 0 Å². The Bertz CT molecular complexity index is 386. The highest BCUT2D eigenvalue weighted by Gasteiger charge is 2.01. The molecule has 0 atom stereocenters. The zero-order chi connectivity index (χ0) is 24.8. The van der Waals surface area contributed by atoms with Crippen LogP contribution in [0.4, 0.5) is 4.79 Å². The fraction of sp³-hybridized carbons (Fsp3) is 0.968. The Labute approximate surface area is 215 Å². The Morgan fingerprint density at radius 3 is 1.09 bits per heavy atom. The van der Waals surface area contributed by atoms with Crippen LogP contribution in [0.15, 0.2) is 0 Å². The number of rotatable bonds is 28. The molecule has 0 radical (unpaired) electrons. The lowest BCUT2D eigenvalue weighted by Crippen LogP contribution is -2.25. The molecule has 0 fully saturated rings. The van der Waals surface area contributed by atoms with Gasteiger partial charge in [-0.15, -0.1) is 0 Å². The van der Waals surface area contributed by atoms with Crippen molar-refractivity contribution in [3.05, 3.63) is 0 Å². The van der Waals surface area contributed by atoms with Gasteiger partial charge in [-0.2, -0.15) is 0 Å². The van der Waals surface area contributed by atoms with E-state index in [0.29, 0.717) is 6.61 Å². The number of nitrogens with one attached hydrogen (secondary N) is 1. The molecule has 0 aliphatic rings. The molecule has 0 aromatic carbocycles. The van der Waals surface area contributed by atoms with Crippen LogP contribution in [0.1, 0.15) is 181 Å². The van der Waals surface area contributed by atoms with Crippen molar-refractivity contribution in [2.75, 3.05) is 13.2 Å². The van der Waals surface area contributed by atoms with E-state index in [1.54, 1.807) is 0 Å². The van der Waals surface area contributed by atoms with Crippen molar-refractivity contribution in [2.24, 2.45) is 0 Å². The minimum Gasteiger partial charge on any atom is -0.450 e. The van der Waals surface area contributed by atoms with Gasteiger partial charge in [0.05, 0.1) is 6.61 Å². The molecule has 1 amide bonds. The Morgan fingerprint density at radius 1 is 0.441 bits per heavy atom. The molecule has 0 saturated carbocycles. The topological polar surface area (TPSA) is 38.3 Å². The second kappa shape index (κ2) is 30.3. The van der Waals surface area contributed by atoms with Crippen LogP contribution in [0.25, 0.3) is 0 Å². The van der Waals surface area contributed by atoms with E-state index in [4.69, 9.17) is 4.74 Å². The molecule has 34 heavy (non-hydrogen) atoms. The Hall–Kier alpha value is -0.730. The first-order valence-corrected chi connectivity index (χ1v) is 15.7. The van der Waals surface area contributed by atoms with Gasteiger partial charge in [-0.05, 0) is 12.8 Å². The fourth-order valence-electron chi connectivity index (χ4n) is 4.67. The molecule has 3 heteroatoms. The van der Waals surface area contributed by atoms with E-state index < -0.39 is 0 Å².